The molecule has 0 spiro atoms. The fourth-order valence-corrected chi connectivity index (χ4v) is 1.73. The Labute approximate surface area is 112 Å². The van der Waals surface area contributed by atoms with Crippen LogP contribution in [0.5, 0.6) is 5.75 Å². The van der Waals surface area contributed by atoms with Crippen molar-refractivity contribution in [3.8, 4) is 5.75 Å². The van der Waals surface area contributed by atoms with Gasteiger partial charge in [0.1, 0.15) is 5.75 Å². The van der Waals surface area contributed by atoms with Gasteiger partial charge in [-0.3, -0.25) is 4.79 Å². The summed E-state index contributed by atoms with van der Waals surface area (Å²) >= 11 is 5.92. The summed E-state index contributed by atoms with van der Waals surface area (Å²) in [5, 5.41) is 3.21. The first-order valence-corrected chi connectivity index (χ1v) is 6.30. The molecule has 0 fully saturated rings. The van der Waals surface area contributed by atoms with Gasteiger partial charge in [0, 0.05) is 30.1 Å². The average molecular weight is 271 g/mol. The van der Waals surface area contributed by atoms with Crippen LogP contribution >= 0.6 is 11.6 Å². The highest BCUT2D eigenvalue weighted by molar-refractivity contribution is 6.30. The van der Waals surface area contributed by atoms with E-state index < -0.39 is 0 Å². The van der Waals surface area contributed by atoms with E-state index in [4.69, 9.17) is 22.1 Å². The second-order valence-electron chi connectivity index (χ2n) is 4.10. The molecule has 1 aromatic carbocycles. The normalized spacial score (nSPS) is 12.0. The number of hydrogen-bond acceptors (Lipinski definition) is 3. The highest BCUT2D eigenvalue weighted by Gasteiger charge is 2.09. The molecule has 0 aliphatic carbocycles. The first-order chi connectivity index (χ1) is 8.54. The number of benzene rings is 1. The number of nitrogens with two attached hydrogens (primary N) is 1. The van der Waals surface area contributed by atoms with Crippen LogP contribution in [0.15, 0.2) is 18.2 Å². The van der Waals surface area contributed by atoms with Gasteiger partial charge in [0.2, 0.25) is 5.91 Å². The van der Waals surface area contributed by atoms with Gasteiger partial charge >= 0.3 is 0 Å². The molecule has 0 saturated heterocycles. The van der Waals surface area contributed by atoms with Gasteiger partial charge < -0.3 is 15.8 Å². The number of halogens is 1. The first-order valence-electron chi connectivity index (χ1n) is 5.93. The van der Waals surface area contributed by atoms with E-state index >= 15 is 0 Å². The van der Waals surface area contributed by atoms with Crippen LogP contribution < -0.4 is 15.8 Å². The van der Waals surface area contributed by atoms with Gasteiger partial charge in [0.25, 0.3) is 0 Å². The quantitative estimate of drug-likeness (QED) is 0.780. The maximum absolute atomic E-state index is 11.0. The standard InChI is InChI=1S/C13H19ClN2O2/c1-9(15)11-8-10(14)5-6-12(11)18-7-3-4-13(17)16-2/h5-6,8-9H,3-4,7,15H2,1-2H3,(H,16,17)/t9-/m1/s1. The summed E-state index contributed by atoms with van der Waals surface area (Å²) in [4.78, 5) is 11.0. The lowest BCUT2D eigenvalue weighted by atomic mass is 10.1. The molecule has 0 aliphatic rings. The van der Waals surface area contributed by atoms with E-state index in [1.807, 2.05) is 6.92 Å². The van der Waals surface area contributed by atoms with Gasteiger partial charge in [-0.1, -0.05) is 11.6 Å². The van der Waals surface area contributed by atoms with Gasteiger partial charge in [-0.15, -0.1) is 0 Å². The maximum atomic E-state index is 11.0. The Kier molecular flexibility index (Phi) is 5.95. The number of carbonyl (C=O) groups is 1. The summed E-state index contributed by atoms with van der Waals surface area (Å²) in [5.41, 5.74) is 6.73. The molecular formula is C13H19ClN2O2. The predicted molar refractivity (Wildman–Crippen MR) is 72.9 cm³/mol. The minimum absolute atomic E-state index is 0.0159. The van der Waals surface area contributed by atoms with Crippen molar-refractivity contribution in [1.82, 2.24) is 5.32 Å². The molecule has 1 rings (SSSR count). The van der Waals surface area contributed by atoms with Crippen molar-refractivity contribution >= 4 is 17.5 Å². The van der Waals surface area contributed by atoms with Crippen molar-refractivity contribution in [2.75, 3.05) is 13.7 Å². The van der Waals surface area contributed by atoms with Gasteiger partial charge in [-0.25, -0.2) is 0 Å². The SMILES string of the molecule is CNC(=O)CCCOc1ccc(Cl)cc1[C@@H](C)N. The summed E-state index contributed by atoms with van der Waals surface area (Å²) in [6.45, 7) is 2.36. The number of rotatable bonds is 6. The summed E-state index contributed by atoms with van der Waals surface area (Å²) < 4.78 is 5.63. The van der Waals surface area contributed by atoms with E-state index in [0.29, 0.717) is 24.5 Å². The molecule has 18 heavy (non-hydrogen) atoms. The largest absolute Gasteiger partial charge is 0.493 e. The zero-order chi connectivity index (χ0) is 13.5. The van der Waals surface area contributed by atoms with Crippen molar-refractivity contribution in [2.24, 2.45) is 5.73 Å². The number of amides is 1. The monoisotopic (exact) mass is 270 g/mol. The summed E-state index contributed by atoms with van der Waals surface area (Å²) in [6.07, 6.45) is 1.12. The van der Waals surface area contributed by atoms with Crippen LogP contribution in [0.2, 0.25) is 5.02 Å². The third-order valence-corrected chi connectivity index (χ3v) is 2.78. The molecule has 5 heteroatoms. The summed E-state index contributed by atoms with van der Waals surface area (Å²) in [7, 11) is 1.62. The smallest absolute Gasteiger partial charge is 0.219 e. The molecule has 0 saturated carbocycles. The highest BCUT2D eigenvalue weighted by atomic mass is 35.5. The molecule has 0 aliphatic heterocycles. The molecule has 1 amide bonds. The Morgan fingerprint density at radius 2 is 2.28 bits per heavy atom. The molecule has 0 bridgehead atoms. The molecule has 1 atom stereocenters. The molecule has 4 nitrogen and oxygen atoms in total. The topological polar surface area (TPSA) is 64.3 Å². The van der Waals surface area contributed by atoms with Crippen LogP contribution in [0.1, 0.15) is 31.4 Å². The molecule has 100 valence electrons. The van der Waals surface area contributed by atoms with E-state index in [-0.39, 0.29) is 11.9 Å². The van der Waals surface area contributed by atoms with E-state index in [1.54, 1.807) is 25.2 Å². The van der Waals surface area contributed by atoms with Gasteiger partial charge in [0.15, 0.2) is 0 Å². The summed E-state index contributed by atoms with van der Waals surface area (Å²) in [5.74, 6) is 0.744. The number of nitrogens with one attached hydrogen (secondary N) is 1. The van der Waals surface area contributed by atoms with Crippen molar-refractivity contribution in [2.45, 2.75) is 25.8 Å². The zero-order valence-electron chi connectivity index (χ0n) is 10.7. The minimum atomic E-state index is -0.141. The van der Waals surface area contributed by atoms with Crippen molar-refractivity contribution in [3.63, 3.8) is 0 Å². The average Bonchev–Trinajstić information content (AvgIpc) is 2.35. The Balaban J connectivity index is 2.54. The van der Waals surface area contributed by atoms with Crippen LogP contribution in [0.3, 0.4) is 0 Å². The Bertz CT molecular complexity index is 408. The number of ether oxygens (including phenoxy) is 1. The molecule has 0 radical (unpaired) electrons. The summed E-state index contributed by atoms with van der Waals surface area (Å²) in [6, 6.07) is 5.24. The first kappa shape index (κ1) is 14.8. The van der Waals surface area contributed by atoms with Crippen LogP contribution in [0, 0.1) is 0 Å². The predicted octanol–water partition coefficient (Wildman–Crippen LogP) is 2.26. The minimum Gasteiger partial charge on any atom is -0.493 e. The molecule has 1 aromatic rings. The van der Waals surface area contributed by atoms with Crippen molar-refractivity contribution < 1.29 is 9.53 Å². The fraction of sp³-hybridized carbons (Fsp3) is 0.462. The lowest BCUT2D eigenvalue weighted by Crippen LogP contribution is -2.18. The van der Waals surface area contributed by atoms with Crippen LogP contribution in [0.4, 0.5) is 0 Å². The van der Waals surface area contributed by atoms with E-state index in [0.717, 1.165) is 11.3 Å². The third-order valence-electron chi connectivity index (χ3n) is 2.55. The van der Waals surface area contributed by atoms with Crippen LogP contribution in [-0.2, 0) is 4.79 Å². The highest BCUT2D eigenvalue weighted by Crippen LogP contribution is 2.27. The van der Waals surface area contributed by atoms with E-state index in [1.165, 1.54) is 0 Å². The van der Waals surface area contributed by atoms with Crippen LogP contribution in [0.25, 0.3) is 0 Å². The van der Waals surface area contributed by atoms with Crippen molar-refractivity contribution in [3.05, 3.63) is 28.8 Å². The van der Waals surface area contributed by atoms with Gasteiger partial charge in [-0.05, 0) is 31.5 Å². The van der Waals surface area contributed by atoms with Crippen molar-refractivity contribution in [1.29, 1.82) is 0 Å². The van der Waals surface area contributed by atoms with Gasteiger partial charge in [-0.2, -0.15) is 0 Å². The second-order valence-corrected chi connectivity index (χ2v) is 4.53. The lowest BCUT2D eigenvalue weighted by molar-refractivity contribution is -0.120. The van der Waals surface area contributed by atoms with Gasteiger partial charge in [0.05, 0.1) is 6.61 Å². The number of hydrogen-bond donors (Lipinski definition) is 2. The van der Waals surface area contributed by atoms with E-state index in [2.05, 4.69) is 5.32 Å². The molecule has 0 heterocycles. The molecule has 3 N–H and O–H groups in total. The Morgan fingerprint density at radius 1 is 1.56 bits per heavy atom. The fourth-order valence-electron chi connectivity index (χ4n) is 1.55. The third kappa shape index (κ3) is 4.55. The Morgan fingerprint density at radius 3 is 2.89 bits per heavy atom. The second kappa shape index (κ2) is 7.24. The molecular weight excluding hydrogens is 252 g/mol. The number of carbonyl (C=O) groups excluding carboxylic acids is 1. The maximum Gasteiger partial charge on any atom is 0.219 e. The van der Waals surface area contributed by atoms with Crippen LogP contribution in [-0.4, -0.2) is 19.6 Å². The zero-order valence-corrected chi connectivity index (χ0v) is 11.5. The lowest BCUT2D eigenvalue weighted by Gasteiger charge is -2.14. The van der Waals surface area contributed by atoms with E-state index in [9.17, 15) is 4.79 Å². The Hall–Kier alpha value is -1.26. The molecule has 0 aromatic heterocycles. The molecule has 0 unspecified atom stereocenters.